The molecule has 246 valence electrons. The van der Waals surface area contributed by atoms with Crippen LogP contribution in [0.4, 0.5) is 4.39 Å². The summed E-state index contributed by atoms with van der Waals surface area (Å²) in [6, 6.07) is 22.4. The Morgan fingerprint density at radius 3 is 2.50 bits per heavy atom. The Balaban J connectivity index is 1.52. The van der Waals surface area contributed by atoms with Crippen LogP contribution < -0.4 is 29.1 Å². The molecule has 0 spiro atoms. The average molecular weight is 667 g/mol. The van der Waals surface area contributed by atoms with Crippen molar-refractivity contribution in [2.24, 2.45) is 4.99 Å². The number of allylic oxidation sites excluding steroid dienone is 1. The Hall–Kier alpha value is -5.22. The van der Waals surface area contributed by atoms with Gasteiger partial charge < -0.3 is 18.9 Å². The molecule has 10 heteroatoms. The lowest BCUT2D eigenvalue weighted by Crippen LogP contribution is -2.40. The first-order valence-electron chi connectivity index (χ1n) is 15.6. The van der Waals surface area contributed by atoms with Crippen molar-refractivity contribution in [3.05, 3.63) is 132 Å². The highest BCUT2D eigenvalue weighted by molar-refractivity contribution is 7.07. The van der Waals surface area contributed by atoms with E-state index in [1.54, 1.807) is 45.2 Å². The highest BCUT2D eigenvalue weighted by Gasteiger charge is 2.34. The van der Waals surface area contributed by atoms with E-state index in [4.69, 9.17) is 23.9 Å². The normalized spacial score (nSPS) is 14.6. The summed E-state index contributed by atoms with van der Waals surface area (Å²) >= 11 is 1.23. The number of carbonyl (C=O) groups is 1. The van der Waals surface area contributed by atoms with Gasteiger partial charge in [0.25, 0.3) is 5.56 Å². The zero-order valence-electron chi connectivity index (χ0n) is 27.3. The molecule has 0 N–H and O–H groups in total. The fourth-order valence-corrected chi connectivity index (χ4v) is 6.76. The largest absolute Gasteiger partial charge is 0.493 e. The Morgan fingerprint density at radius 1 is 1.02 bits per heavy atom. The summed E-state index contributed by atoms with van der Waals surface area (Å²) in [6.45, 7) is 7.70. The van der Waals surface area contributed by atoms with Crippen LogP contribution in [0.25, 0.3) is 16.8 Å². The van der Waals surface area contributed by atoms with Gasteiger partial charge in [-0.1, -0.05) is 59.9 Å². The van der Waals surface area contributed by atoms with Gasteiger partial charge in [-0.05, 0) is 86.0 Å². The first-order valence-corrected chi connectivity index (χ1v) is 16.4. The number of halogens is 1. The van der Waals surface area contributed by atoms with Crippen LogP contribution in [0, 0.1) is 5.82 Å². The molecule has 0 fully saturated rings. The van der Waals surface area contributed by atoms with Gasteiger partial charge in [0, 0.05) is 5.56 Å². The maximum Gasteiger partial charge on any atom is 0.338 e. The number of thiazole rings is 1. The Kier molecular flexibility index (Phi) is 9.45. The fraction of sp³-hybridized carbons (Fsp3) is 0.237. The van der Waals surface area contributed by atoms with Crippen LogP contribution in [0.1, 0.15) is 50.4 Å². The van der Waals surface area contributed by atoms with Crippen molar-refractivity contribution in [1.82, 2.24) is 4.57 Å². The third kappa shape index (κ3) is 6.48. The minimum Gasteiger partial charge on any atom is -0.493 e. The number of benzene rings is 4. The highest BCUT2D eigenvalue weighted by atomic mass is 32.1. The van der Waals surface area contributed by atoms with Crippen molar-refractivity contribution in [2.75, 3.05) is 13.7 Å². The van der Waals surface area contributed by atoms with E-state index in [1.165, 1.54) is 28.0 Å². The molecule has 0 unspecified atom stereocenters. The number of methoxy groups -OCH3 is 1. The number of carbonyl (C=O) groups excluding carboxylic acids is 1. The number of ether oxygens (including phenoxy) is 4. The summed E-state index contributed by atoms with van der Waals surface area (Å²) in [5, 5.41) is 1.87. The molecule has 1 aromatic heterocycles. The number of esters is 1. The predicted molar refractivity (Wildman–Crippen MR) is 184 cm³/mol. The Labute approximate surface area is 281 Å². The van der Waals surface area contributed by atoms with Crippen LogP contribution in [0.2, 0.25) is 0 Å². The van der Waals surface area contributed by atoms with Crippen molar-refractivity contribution in [2.45, 2.75) is 46.4 Å². The lowest BCUT2D eigenvalue weighted by atomic mass is 9.95. The molecule has 0 saturated carbocycles. The van der Waals surface area contributed by atoms with Gasteiger partial charge in [0.05, 0.1) is 41.7 Å². The average Bonchev–Trinajstić information content (AvgIpc) is 3.38. The third-order valence-electron chi connectivity index (χ3n) is 7.90. The van der Waals surface area contributed by atoms with Crippen molar-refractivity contribution in [1.29, 1.82) is 0 Å². The molecule has 6 rings (SSSR count). The molecule has 1 aliphatic heterocycles. The van der Waals surface area contributed by atoms with Gasteiger partial charge in [-0.25, -0.2) is 14.2 Å². The molecule has 8 nitrogen and oxygen atoms in total. The SMILES string of the molecule is CCOC(=O)C1=C(C)N=c2s/c(=C/c3c(OCc4ccc(F)cc4)ccc4ccccc34)c(=O)n2[C@H]1c1ccc(OC(C)C)c(OC)c1. The predicted octanol–water partition coefficient (Wildman–Crippen LogP) is 6.47. The Bertz CT molecular complexity index is 2220. The summed E-state index contributed by atoms with van der Waals surface area (Å²) in [7, 11) is 1.55. The molecule has 4 aromatic carbocycles. The molecule has 1 aliphatic rings. The summed E-state index contributed by atoms with van der Waals surface area (Å²) in [5.74, 6) is 0.712. The van der Waals surface area contributed by atoms with E-state index in [-0.39, 0.29) is 36.3 Å². The number of aromatic nitrogens is 1. The molecule has 0 aliphatic carbocycles. The van der Waals surface area contributed by atoms with Crippen molar-refractivity contribution in [3.8, 4) is 17.2 Å². The first-order chi connectivity index (χ1) is 23.2. The minimum atomic E-state index is -0.828. The van der Waals surface area contributed by atoms with E-state index in [9.17, 15) is 14.0 Å². The van der Waals surface area contributed by atoms with Gasteiger partial charge in [0.1, 0.15) is 18.2 Å². The molecule has 0 bridgehead atoms. The number of rotatable bonds is 10. The second kappa shape index (κ2) is 13.9. The Morgan fingerprint density at radius 2 is 1.77 bits per heavy atom. The van der Waals surface area contributed by atoms with Crippen LogP contribution in [0.5, 0.6) is 17.2 Å². The van der Waals surface area contributed by atoms with Crippen LogP contribution in [0.15, 0.2) is 99.9 Å². The molecule has 0 radical (unpaired) electrons. The first kappa shape index (κ1) is 32.7. The highest BCUT2D eigenvalue weighted by Crippen LogP contribution is 2.37. The molecule has 0 saturated heterocycles. The summed E-state index contributed by atoms with van der Waals surface area (Å²) in [6.07, 6.45) is 1.73. The maximum atomic E-state index is 14.4. The molecule has 1 atom stereocenters. The van der Waals surface area contributed by atoms with E-state index in [2.05, 4.69) is 0 Å². The molecule has 2 heterocycles. The zero-order valence-corrected chi connectivity index (χ0v) is 28.1. The number of hydrogen-bond donors (Lipinski definition) is 0. The number of hydrogen-bond acceptors (Lipinski definition) is 8. The molecule has 48 heavy (non-hydrogen) atoms. The summed E-state index contributed by atoms with van der Waals surface area (Å²) in [5.41, 5.74) is 2.57. The van der Waals surface area contributed by atoms with E-state index in [1.807, 2.05) is 62.4 Å². The van der Waals surface area contributed by atoms with Crippen LogP contribution in [-0.4, -0.2) is 30.4 Å². The number of fused-ring (bicyclic) bond motifs is 2. The topological polar surface area (TPSA) is 88.4 Å². The van der Waals surface area contributed by atoms with E-state index in [0.29, 0.717) is 37.8 Å². The smallest absolute Gasteiger partial charge is 0.338 e. The van der Waals surface area contributed by atoms with Crippen LogP contribution in [0.3, 0.4) is 0 Å². The quantitative estimate of drug-likeness (QED) is 0.159. The van der Waals surface area contributed by atoms with Crippen LogP contribution in [-0.2, 0) is 16.1 Å². The van der Waals surface area contributed by atoms with E-state index < -0.39 is 12.0 Å². The van der Waals surface area contributed by atoms with Crippen molar-refractivity contribution < 1.29 is 28.1 Å². The summed E-state index contributed by atoms with van der Waals surface area (Å²) < 4.78 is 38.8. The molecule has 0 amide bonds. The fourth-order valence-electron chi connectivity index (χ4n) is 5.74. The van der Waals surface area contributed by atoms with Gasteiger partial charge >= 0.3 is 5.97 Å². The van der Waals surface area contributed by atoms with Gasteiger partial charge in [0.2, 0.25) is 0 Å². The van der Waals surface area contributed by atoms with Crippen molar-refractivity contribution >= 4 is 34.2 Å². The lowest BCUT2D eigenvalue weighted by molar-refractivity contribution is -0.139. The second-order valence-electron chi connectivity index (χ2n) is 11.5. The standard InChI is InChI=1S/C38H35FN2O6S/c1-6-45-37(43)34-23(4)40-38-41(35(34)26-14-18-31(47-22(2)3)32(19-26)44-5)36(42)33(48-38)20-29-28-10-8-7-9-25(28)13-17-30(29)46-21-24-11-15-27(39)16-12-24/h7-20,22,35H,6,21H2,1-5H3/b33-20+/t35-/m0/s1. The lowest BCUT2D eigenvalue weighted by Gasteiger charge is -2.25. The maximum absolute atomic E-state index is 14.4. The minimum absolute atomic E-state index is 0.0849. The third-order valence-corrected chi connectivity index (χ3v) is 8.88. The molecular weight excluding hydrogens is 631 g/mol. The van der Waals surface area contributed by atoms with Gasteiger partial charge in [-0.2, -0.15) is 0 Å². The second-order valence-corrected chi connectivity index (χ2v) is 12.5. The zero-order chi connectivity index (χ0) is 33.9. The van der Waals surface area contributed by atoms with E-state index >= 15 is 0 Å². The molecule has 5 aromatic rings. The van der Waals surface area contributed by atoms with Gasteiger partial charge in [-0.15, -0.1) is 0 Å². The molecular formula is C38H35FN2O6S. The van der Waals surface area contributed by atoms with Gasteiger partial charge in [-0.3, -0.25) is 9.36 Å². The van der Waals surface area contributed by atoms with Crippen LogP contribution >= 0.6 is 11.3 Å². The number of nitrogens with zero attached hydrogens (tertiary/aromatic N) is 2. The summed E-state index contributed by atoms with van der Waals surface area (Å²) in [4.78, 5) is 33.0. The monoisotopic (exact) mass is 666 g/mol. The van der Waals surface area contributed by atoms with Crippen molar-refractivity contribution in [3.63, 3.8) is 0 Å². The van der Waals surface area contributed by atoms with E-state index in [0.717, 1.165) is 21.9 Å². The van der Waals surface area contributed by atoms with Gasteiger partial charge in [0.15, 0.2) is 16.3 Å².